The molecule has 0 unspecified atom stereocenters. The number of aromatic amines is 2. The maximum atomic E-state index is 13.1. The van der Waals surface area contributed by atoms with Gasteiger partial charge in [0, 0.05) is 45.7 Å². The van der Waals surface area contributed by atoms with E-state index in [1.165, 1.54) is 10.9 Å². The standard InChI is InChI=1S/C23H25NO2.C15H13NO/c1-22(2)21(23(22,3)4)20(25)18-13-24-19-11-10-16(12-17(18)19)26-14-15-8-6-5-7-9-15;1-2-4-12(5-3-1)11-17-14-6-7-15-13(10-14)8-9-16-15/h5-13,21,24H,14H2,1-4H3;1-10,16H,11H2. The third-order valence-corrected chi connectivity index (χ3v) is 9.22. The lowest BCUT2D eigenvalue weighted by Crippen LogP contribution is -2.06. The lowest BCUT2D eigenvalue weighted by atomic mass is 10.0. The van der Waals surface area contributed by atoms with Gasteiger partial charge < -0.3 is 19.4 Å². The fraction of sp³-hybridized carbons (Fsp3) is 0.237. The van der Waals surface area contributed by atoms with Crippen molar-refractivity contribution in [2.45, 2.75) is 40.9 Å². The first-order valence-electron chi connectivity index (χ1n) is 14.8. The Hall–Kier alpha value is -4.77. The van der Waals surface area contributed by atoms with Gasteiger partial charge in [0.25, 0.3) is 0 Å². The Bertz CT molecular complexity index is 1830. The number of carbonyl (C=O) groups is 1. The number of ketones is 1. The Labute approximate surface area is 252 Å². The highest BCUT2D eigenvalue weighted by molar-refractivity contribution is 6.11. The molecule has 1 fully saturated rings. The molecule has 0 amide bonds. The summed E-state index contributed by atoms with van der Waals surface area (Å²) in [6, 6.07) is 34.3. The van der Waals surface area contributed by atoms with Gasteiger partial charge >= 0.3 is 0 Å². The van der Waals surface area contributed by atoms with Gasteiger partial charge in [0.1, 0.15) is 24.7 Å². The first-order valence-corrected chi connectivity index (χ1v) is 14.8. The molecule has 43 heavy (non-hydrogen) atoms. The molecular weight excluding hydrogens is 532 g/mol. The van der Waals surface area contributed by atoms with E-state index in [2.05, 4.69) is 55.9 Å². The summed E-state index contributed by atoms with van der Waals surface area (Å²) in [6.45, 7) is 9.84. The number of hydrogen-bond donors (Lipinski definition) is 2. The second kappa shape index (κ2) is 11.5. The van der Waals surface area contributed by atoms with Crippen LogP contribution in [0.2, 0.25) is 0 Å². The number of fused-ring (bicyclic) bond motifs is 2. The van der Waals surface area contributed by atoms with Crippen molar-refractivity contribution in [3.63, 3.8) is 0 Å². The average Bonchev–Trinajstić information content (AvgIpc) is 3.47. The van der Waals surface area contributed by atoms with Gasteiger partial charge in [-0.25, -0.2) is 0 Å². The molecule has 1 aliphatic carbocycles. The largest absolute Gasteiger partial charge is 0.489 e. The van der Waals surface area contributed by atoms with Crippen molar-refractivity contribution in [3.8, 4) is 11.5 Å². The van der Waals surface area contributed by atoms with Crippen molar-refractivity contribution in [3.05, 3.63) is 132 Å². The summed E-state index contributed by atoms with van der Waals surface area (Å²) in [5, 5.41) is 2.12. The highest BCUT2D eigenvalue weighted by Crippen LogP contribution is 2.69. The van der Waals surface area contributed by atoms with Crippen LogP contribution in [0, 0.1) is 16.7 Å². The molecule has 0 saturated heterocycles. The lowest BCUT2D eigenvalue weighted by molar-refractivity contribution is 0.0947. The molecule has 0 aliphatic heterocycles. The number of Topliss-reactive ketones (excluding diaryl/α,β-unsaturated/α-hetero) is 1. The maximum absolute atomic E-state index is 13.1. The van der Waals surface area contributed by atoms with Crippen LogP contribution in [0.25, 0.3) is 21.8 Å². The molecule has 7 rings (SSSR count). The van der Waals surface area contributed by atoms with Crippen molar-refractivity contribution >= 4 is 27.6 Å². The van der Waals surface area contributed by atoms with Gasteiger partial charge in [0.2, 0.25) is 0 Å². The van der Waals surface area contributed by atoms with E-state index in [4.69, 9.17) is 9.47 Å². The summed E-state index contributed by atoms with van der Waals surface area (Å²) >= 11 is 0. The van der Waals surface area contributed by atoms with Crippen molar-refractivity contribution in [1.82, 2.24) is 9.97 Å². The first-order chi connectivity index (χ1) is 20.7. The minimum atomic E-state index is 0.0368. The fourth-order valence-corrected chi connectivity index (χ4v) is 6.00. The summed E-state index contributed by atoms with van der Waals surface area (Å²) in [4.78, 5) is 19.5. The number of hydrogen-bond acceptors (Lipinski definition) is 3. The number of aromatic nitrogens is 2. The second-order valence-electron chi connectivity index (χ2n) is 12.4. The van der Waals surface area contributed by atoms with Gasteiger partial charge in [0.15, 0.2) is 5.78 Å². The van der Waals surface area contributed by atoms with Gasteiger partial charge in [-0.3, -0.25) is 4.79 Å². The molecule has 4 aromatic carbocycles. The van der Waals surface area contributed by atoms with Crippen LogP contribution >= 0.6 is 0 Å². The van der Waals surface area contributed by atoms with Crippen LogP contribution in [0.4, 0.5) is 0 Å². The van der Waals surface area contributed by atoms with Gasteiger partial charge in [-0.1, -0.05) is 88.4 Å². The van der Waals surface area contributed by atoms with Crippen LogP contribution in [0.1, 0.15) is 49.2 Å². The van der Waals surface area contributed by atoms with Gasteiger partial charge in [-0.15, -0.1) is 0 Å². The first kappa shape index (κ1) is 28.4. The molecular formula is C38H38N2O3. The predicted molar refractivity (Wildman–Crippen MR) is 174 cm³/mol. The fourth-order valence-electron chi connectivity index (χ4n) is 6.00. The molecule has 2 N–H and O–H groups in total. The quantitative estimate of drug-likeness (QED) is 0.179. The smallest absolute Gasteiger partial charge is 0.169 e. The highest BCUT2D eigenvalue weighted by Gasteiger charge is 2.68. The molecule has 2 aromatic heterocycles. The molecule has 0 radical (unpaired) electrons. The third kappa shape index (κ3) is 5.80. The molecule has 2 heterocycles. The topological polar surface area (TPSA) is 67.1 Å². The molecule has 0 atom stereocenters. The van der Waals surface area contributed by atoms with Gasteiger partial charge in [0.05, 0.1) is 0 Å². The molecule has 1 saturated carbocycles. The second-order valence-corrected chi connectivity index (χ2v) is 12.4. The van der Waals surface area contributed by atoms with Gasteiger partial charge in [-0.05, 0) is 64.4 Å². The normalized spacial score (nSPS) is 15.1. The van der Waals surface area contributed by atoms with Crippen LogP contribution in [0.3, 0.4) is 0 Å². The van der Waals surface area contributed by atoms with E-state index in [1.807, 2.05) is 97.3 Å². The number of nitrogens with one attached hydrogen (secondary N) is 2. The minimum absolute atomic E-state index is 0.0368. The van der Waals surface area contributed by atoms with Crippen LogP contribution in [-0.4, -0.2) is 15.8 Å². The van der Waals surface area contributed by atoms with E-state index < -0.39 is 0 Å². The predicted octanol–water partition coefficient (Wildman–Crippen LogP) is 9.36. The number of carbonyl (C=O) groups excluding carboxylic acids is 1. The van der Waals surface area contributed by atoms with E-state index in [9.17, 15) is 4.79 Å². The van der Waals surface area contributed by atoms with Crippen LogP contribution in [0.15, 0.2) is 116 Å². The Morgan fingerprint density at radius 1 is 0.674 bits per heavy atom. The van der Waals surface area contributed by atoms with E-state index in [0.717, 1.165) is 39.0 Å². The summed E-state index contributed by atoms with van der Waals surface area (Å²) < 4.78 is 11.7. The Balaban J connectivity index is 0.000000167. The van der Waals surface area contributed by atoms with Crippen LogP contribution < -0.4 is 9.47 Å². The molecule has 1 aliphatic rings. The summed E-state index contributed by atoms with van der Waals surface area (Å²) in [7, 11) is 0. The van der Waals surface area contributed by atoms with E-state index in [1.54, 1.807) is 0 Å². The Morgan fingerprint density at radius 2 is 1.23 bits per heavy atom. The van der Waals surface area contributed by atoms with Gasteiger partial charge in [-0.2, -0.15) is 0 Å². The number of rotatable bonds is 8. The zero-order chi connectivity index (χ0) is 30.0. The molecule has 0 spiro atoms. The molecule has 5 heteroatoms. The van der Waals surface area contributed by atoms with Crippen LogP contribution in [-0.2, 0) is 13.2 Å². The monoisotopic (exact) mass is 570 g/mol. The SMILES string of the molecule is CC1(C)C(C(=O)c2c[nH]c3ccc(OCc4ccccc4)cc23)C1(C)C.c1ccc(COc2ccc3[nH]ccc3c2)cc1. The van der Waals surface area contributed by atoms with Crippen molar-refractivity contribution in [2.75, 3.05) is 0 Å². The van der Waals surface area contributed by atoms with E-state index in [0.29, 0.717) is 13.2 Å². The third-order valence-electron chi connectivity index (χ3n) is 9.22. The van der Waals surface area contributed by atoms with Crippen molar-refractivity contribution in [2.24, 2.45) is 16.7 Å². The molecule has 5 nitrogen and oxygen atoms in total. The molecule has 6 aromatic rings. The highest BCUT2D eigenvalue weighted by atomic mass is 16.5. The van der Waals surface area contributed by atoms with E-state index >= 15 is 0 Å². The number of benzene rings is 4. The van der Waals surface area contributed by atoms with E-state index in [-0.39, 0.29) is 22.5 Å². The number of ether oxygens (including phenoxy) is 2. The van der Waals surface area contributed by atoms with Crippen LogP contribution in [0.5, 0.6) is 11.5 Å². The summed E-state index contributed by atoms with van der Waals surface area (Å²) in [6.07, 6.45) is 3.78. The Kier molecular flexibility index (Phi) is 7.57. The zero-order valence-electron chi connectivity index (χ0n) is 25.2. The summed E-state index contributed by atoms with van der Waals surface area (Å²) in [5.74, 6) is 1.97. The van der Waals surface area contributed by atoms with Crippen molar-refractivity contribution < 1.29 is 14.3 Å². The van der Waals surface area contributed by atoms with Crippen molar-refractivity contribution in [1.29, 1.82) is 0 Å². The summed E-state index contributed by atoms with van der Waals surface area (Å²) in [5.41, 5.74) is 5.26. The molecule has 218 valence electrons. The molecule has 0 bridgehead atoms. The maximum Gasteiger partial charge on any atom is 0.169 e. The minimum Gasteiger partial charge on any atom is -0.489 e. The average molecular weight is 571 g/mol. The zero-order valence-corrected chi connectivity index (χ0v) is 25.2. The number of H-pyrrole nitrogens is 2. The lowest BCUT2D eigenvalue weighted by Gasteiger charge is -2.07. The Morgan fingerprint density at radius 3 is 1.81 bits per heavy atom.